The molecule has 1 atom stereocenters. The Morgan fingerprint density at radius 3 is 2.63 bits per heavy atom. The molecule has 0 aliphatic rings. The van der Waals surface area contributed by atoms with Crippen LogP contribution in [0.25, 0.3) is 23.1 Å². The molecule has 4 rings (SSSR count). The third-order valence-corrected chi connectivity index (χ3v) is 5.35. The summed E-state index contributed by atoms with van der Waals surface area (Å²) in [6.45, 7) is 6.08. The molecule has 1 aromatic carbocycles. The van der Waals surface area contributed by atoms with E-state index in [9.17, 15) is 4.79 Å². The molecule has 0 bridgehead atoms. The number of aromatic nitrogens is 3. The number of nitrogens with zero attached hydrogens (tertiary/aromatic N) is 2. The maximum atomic E-state index is 12.6. The number of anilines is 1. The highest BCUT2D eigenvalue weighted by Crippen LogP contribution is 2.20. The van der Waals surface area contributed by atoms with Crippen molar-refractivity contribution in [3.63, 3.8) is 0 Å². The fourth-order valence-electron chi connectivity index (χ4n) is 3.77. The molecule has 0 saturated carbocycles. The number of aromatic amines is 1. The normalized spacial score (nSPS) is 12.5. The number of carbonyl (C=O) groups is 1. The Kier molecular flexibility index (Phi) is 7.45. The average molecular weight is 470 g/mol. The van der Waals surface area contributed by atoms with Gasteiger partial charge in [-0.3, -0.25) is 9.97 Å². The van der Waals surface area contributed by atoms with E-state index < -0.39 is 11.7 Å². The fourth-order valence-corrected chi connectivity index (χ4v) is 3.77. The number of ether oxygens (including phenoxy) is 1. The molecule has 7 heteroatoms. The largest absolute Gasteiger partial charge is 0.444 e. The van der Waals surface area contributed by atoms with Crippen molar-refractivity contribution in [2.75, 3.05) is 11.9 Å². The molecule has 0 spiro atoms. The van der Waals surface area contributed by atoms with E-state index in [1.165, 1.54) is 0 Å². The van der Waals surface area contributed by atoms with E-state index in [1.54, 1.807) is 18.6 Å². The number of nitrogens with one attached hydrogen (secondary N) is 3. The number of hydrogen-bond acceptors (Lipinski definition) is 5. The highest BCUT2D eigenvalue weighted by atomic mass is 16.6. The zero-order valence-corrected chi connectivity index (χ0v) is 20.3. The number of rotatable bonds is 8. The number of benzene rings is 1. The standard InChI is InChI=1S/C28H31N5O2/c1-28(2,3)35-27(34)33-24(15-22-17-32-26-7-5-4-6-25(22)26)19-31-23-14-21(16-30-18-23)9-8-20-10-12-29-13-11-20/h4-14,16-18,24,31-32H,15,19H2,1-3H3,(H,33,34)/t24-/m0/s1. The summed E-state index contributed by atoms with van der Waals surface area (Å²) < 4.78 is 5.51. The first kappa shape index (κ1) is 24.0. The van der Waals surface area contributed by atoms with Crippen LogP contribution in [0.15, 0.2) is 73.4 Å². The van der Waals surface area contributed by atoms with E-state index in [1.807, 2.05) is 81.7 Å². The summed E-state index contributed by atoms with van der Waals surface area (Å²) in [4.78, 5) is 24.3. The van der Waals surface area contributed by atoms with Crippen LogP contribution >= 0.6 is 0 Å². The lowest BCUT2D eigenvalue weighted by Crippen LogP contribution is -2.43. The van der Waals surface area contributed by atoms with Crippen LogP contribution in [-0.4, -0.2) is 39.2 Å². The summed E-state index contributed by atoms with van der Waals surface area (Å²) >= 11 is 0. The van der Waals surface area contributed by atoms with Crippen LogP contribution in [-0.2, 0) is 11.2 Å². The van der Waals surface area contributed by atoms with Crippen molar-refractivity contribution in [2.45, 2.75) is 38.8 Å². The van der Waals surface area contributed by atoms with Gasteiger partial charge in [-0.05, 0) is 68.1 Å². The molecule has 3 heterocycles. The first-order valence-corrected chi connectivity index (χ1v) is 11.7. The Morgan fingerprint density at radius 1 is 1.06 bits per heavy atom. The van der Waals surface area contributed by atoms with E-state index in [2.05, 4.69) is 31.7 Å². The summed E-state index contributed by atoms with van der Waals surface area (Å²) in [6.07, 6.45) is 13.4. The quantitative estimate of drug-likeness (QED) is 0.309. The average Bonchev–Trinajstić information content (AvgIpc) is 3.24. The number of fused-ring (bicyclic) bond motifs is 1. The first-order valence-electron chi connectivity index (χ1n) is 11.7. The summed E-state index contributed by atoms with van der Waals surface area (Å²) in [5.74, 6) is 0. The summed E-state index contributed by atoms with van der Waals surface area (Å²) in [6, 6.07) is 13.9. The molecular formula is C28H31N5O2. The van der Waals surface area contributed by atoms with Gasteiger partial charge in [-0.15, -0.1) is 0 Å². The molecule has 0 aliphatic carbocycles. The van der Waals surface area contributed by atoms with Crippen molar-refractivity contribution in [3.8, 4) is 0 Å². The van der Waals surface area contributed by atoms with Crippen LogP contribution in [0.2, 0.25) is 0 Å². The Balaban J connectivity index is 1.46. The van der Waals surface area contributed by atoms with E-state index in [4.69, 9.17) is 4.74 Å². The maximum absolute atomic E-state index is 12.6. The SMILES string of the molecule is CC(C)(C)OC(=O)N[C@H](CNc1cncc(C=Cc2ccncc2)c1)Cc1c[nH]c2ccccc12. The van der Waals surface area contributed by atoms with Gasteiger partial charge >= 0.3 is 6.09 Å². The Bertz CT molecular complexity index is 1290. The van der Waals surface area contributed by atoms with Gasteiger partial charge in [0.15, 0.2) is 0 Å². The number of hydrogen-bond donors (Lipinski definition) is 3. The van der Waals surface area contributed by atoms with Crippen molar-refractivity contribution >= 4 is 34.8 Å². The van der Waals surface area contributed by atoms with Crippen LogP contribution in [0.5, 0.6) is 0 Å². The lowest BCUT2D eigenvalue weighted by Gasteiger charge is -2.24. The Morgan fingerprint density at radius 2 is 1.83 bits per heavy atom. The second kappa shape index (κ2) is 10.9. The molecule has 35 heavy (non-hydrogen) atoms. The van der Waals surface area contributed by atoms with Gasteiger partial charge in [-0.25, -0.2) is 4.79 Å². The maximum Gasteiger partial charge on any atom is 0.407 e. The van der Waals surface area contributed by atoms with E-state index >= 15 is 0 Å². The molecule has 180 valence electrons. The zero-order chi connectivity index (χ0) is 24.7. The summed E-state index contributed by atoms with van der Waals surface area (Å²) in [5, 5.41) is 7.60. The number of amides is 1. The van der Waals surface area contributed by atoms with Crippen LogP contribution in [0.1, 0.15) is 37.5 Å². The van der Waals surface area contributed by atoms with E-state index in [0.717, 1.165) is 33.3 Å². The minimum absolute atomic E-state index is 0.194. The lowest BCUT2D eigenvalue weighted by atomic mass is 10.0. The number of para-hydroxylation sites is 1. The highest BCUT2D eigenvalue weighted by molar-refractivity contribution is 5.83. The molecule has 0 unspecified atom stereocenters. The van der Waals surface area contributed by atoms with Crippen LogP contribution < -0.4 is 10.6 Å². The molecular weight excluding hydrogens is 438 g/mol. The van der Waals surface area contributed by atoms with Gasteiger partial charge in [0.25, 0.3) is 0 Å². The van der Waals surface area contributed by atoms with Crippen LogP contribution in [0.4, 0.5) is 10.5 Å². The van der Waals surface area contributed by atoms with Crippen molar-refractivity contribution < 1.29 is 9.53 Å². The second-order valence-corrected chi connectivity index (χ2v) is 9.41. The Hall–Kier alpha value is -4.13. The predicted molar refractivity (Wildman–Crippen MR) is 141 cm³/mol. The van der Waals surface area contributed by atoms with Gasteiger partial charge in [-0.2, -0.15) is 0 Å². The molecule has 4 aromatic rings. The molecule has 0 aliphatic heterocycles. The highest BCUT2D eigenvalue weighted by Gasteiger charge is 2.20. The number of H-pyrrole nitrogens is 1. The van der Waals surface area contributed by atoms with E-state index in [-0.39, 0.29) is 6.04 Å². The van der Waals surface area contributed by atoms with Gasteiger partial charge in [0.05, 0.1) is 11.7 Å². The molecule has 0 fully saturated rings. The monoisotopic (exact) mass is 469 g/mol. The third kappa shape index (κ3) is 7.17. The lowest BCUT2D eigenvalue weighted by molar-refractivity contribution is 0.0507. The third-order valence-electron chi connectivity index (χ3n) is 5.35. The molecule has 3 N–H and O–H groups in total. The Labute approximate surface area is 205 Å². The number of carbonyl (C=O) groups excluding carboxylic acids is 1. The smallest absolute Gasteiger partial charge is 0.407 e. The molecule has 3 aromatic heterocycles. The minimum Gasteiger partial charge on any atom is -0.444 e. The number of pyridine rings is 2. The molecule has 0 radical (unpaired) electrons. The van der Waals surface area contributed by atoms with Gasteiger partial charge in [0.2, 0.25) is 0 Å². The fraction of sp³-hybridized carbons (Fsp3) is 0.250. The van der Waals surface area contributed by atoms with E-state index in [0.29, 0.717) is 13.0 Å². The number of alkyl carbamates (subject to hydrolysis) is 1. The predicted octanol–water partition coefficient (Wildman–Crippen LogP) is 5.68. The molecule has 7 nitrogen and oxygen atoms in total. The van der Waals surface area contributed by atoms with Crippen molar-refractivity contribution in [3.05, 3.63) is 90.1 Å². The van der Waals surface area contributed by atoms with Crippen molar-refractivity contribution in [2.24, 2.45) is 0 Å². The van der Waals surface area contributed by atoms with Crippen molar-refractivity contribution in [1.29, 1.82) is 0 Å². The van der Waals surface area contributed by atoms with Gasteiger partial charge in [0.1, 0.15) is 5.60 Å². The molecule has 0 saturated heterocycles. The topological polar surface area (TPSA) is 91.9 Å². The van der Waals surface area contributed by atoms with Gasteiger partial charge < -0.3 is 20.4 Å². The van der Waals surface area contributed by atoms with Crippen LogP contribution in [0.3, 0.4) is 0 Å². The summed E-state index contributed by atoms with van der Waals surface area (Å²) in [7, 11) is 0. The minimum atomic E-state index is -0.567. The van der Waals surface area contributed by atoms with Crippen molar-refractivity contribution in [1.82, 2.24) is 20.3 Å². The molecule has 1 amide bonds. The summed E-state index contributed by atoms with van der Waals surface area (Å²) in [5.41, 5.74) is 4.55. The second-order valence-electron chi connectivity index (χ2n) is 9.41. The van der Waals surface area contributed by atoms with Gasteiger partial charge in [0, 0.05) is 48.4 Å². The first-order chi connectivity index (χ1) is 16.9. The van der Waals surface area contributed by atoms with Gasteiger partial charge in [-0.1, -0.05) is 30.4 Å². The zero-order valence-electron chi connectivity index (χ0n) is 20.3. The van der Waals surface area contributed by atoms with Crippen LogP contribution in [0, 0.1) is 0 Å².